The van der Waals surface area contributed by atoms with Crippen LogP contribution in [0.3, 0.4) is 0 Å². The third kappa shape index (κ3) is 3.72. The molecule has 24 heavy (non-hydrogen) atoms. The van der Waals surface area contributed by atoms with Gasteiger partial charge in [0.15, 0.2) is 0 Å². The summed E-state index contributed by atoms with van der Waals surface area (Å²) in [5.74, 6) is -0.844. The molecule has 8 nitrogen and oxygen atoms in total. The van der Waals surface area contributed by atoms with Gasteiger partial charge in [-0.25, -0.2) is 0 Å². The molecule has 2 amide bonds. The maximum absolute atomic E-state index is 12.3. The lowest BCUT2D eigenvalue weighted by atomic mass is 10.1. The van der Waals surface area contributed by atoms with E-state index in [-0.39, 0.29) is 24.1 Å². The minimum absolute atomic E-state index is 0.165. The highest BCUT2D eigenvalue weighted by Crippen LogP contribution is 2.24. The highest BCUT2D eigenvalue weighted by molar-refractivity contribution is 6.40. The molecule has 0 aliphatic carbocycles. The van der Waals surface area contributed by atoms with Crippen LogP contribution < -0.4 is 16.1 Å². The van der Waals surface area contributed by atoms with Gasteiger partial charge in [-0.15, -0.1) is 0 Å². The van der Waals surface area contributed by atoms with Crippen molar-refractivity contribution in [2.75, 3.05) is 31.4 Å². The Morgan fingerprint density at radius 2 is 2.08 bits per heavy atom. The minimum Gasteiger partial charge on any atom is -0.376 e. The van der Waals surface area contributed by atoms with Crippen molar-refractivity contribution in [1.82, 2.24) is 5.32 Å². The number of hydrazone groups is 1. The number of primary amides is 1. The van der Waals surface area contributed by atoms with Crippen LogP contribution in [0.2, 0.25) is 0 Å². The van der Waals surface area contributed by atoms with Crippen LogP contribution in [0.15, 0.2) is 35.4 Å². The number of nitrogens with zero attached hydrogens (tertiary/aromatic N) is 2. The molecule has 0 saturated carbocycles. The zero-order valence-electron chi connectivity index (χ0n) is 13.2. The van der Waals surface area contributed by atoms with E-state index in [4.69, 9.17) is 15.2 Å². The Morgan fingerprint density at radius 3 is 2.75 bits per heavy atom. The molecule has 2 aliphatic heterocycles. The Kier molecular flexibility index (Phi) is 5.07. The lowest BCUT2D eigenvalue weighted by molar-refractivity contribution is -0.119. The first kappa shape index (κ1) is 16.4. The summed E-state index contributed by atoms with van der Waals surface area (Å²) in [5, 5.41) is 8.56. The van der Waals surface area contributed by atoms with Crippen LogP contribution in [0.1, 0.15) is 6.42 Å². The maximum Gasteiger partial charge on any atom is 0.267 e. The molecule has 3 rings (SSSR count). The van der Waals surface area contributed by atoms with Gasteiger partial charge in [0.1, 0.15) is 11.8 Å². The zero-order valence-corrected chi connectivity index (χ0v) is 13.2. The van der Waals surface area contributed by atoms with Crippen LogP contribution in [0.4, 0.5) is 5.69 Å². The quantitative estimate of drug-likeness (QED) is 0.766. The van der Waals surface area contributed by atoms with Crippen LogP contribution in [-0.4, -0.2) is 56.0 Å². The fraction of sp³-hybridized carbons (Fsp3) is 0.438. The Morgan fingerprint density at radius 1 is 1.29 bits per heavy atom. The molecule has 2 atom stereocenters. The molecule has 0 bridgehead atoms. The molecule has 2 heterocycles. The van der Waals surface area contributed by atoms with E-state index in [1.54, 1.807) is 0 Å². The van der Waals surface area contributed by atoms with Crippen LogP contribution >= 0.6 is 0 Å². The van der Waals surface area contributed by atoms with E-state index in [1.165, 1.54) is 5.01 Å². The number of ether oxygens (including phenoxy) is 2. The number of carbonyl (C=O) groups is 2. The van der Waals surface area contributed by atoms with Gasteiger partial charge in [-0.3, -0.25) is 14.6 Å². The van der Waals surface area contributed by atoms with Crippen molar-refractivity contribution < 1.29 is 19.1 Å². The molecule has 1 aromatic carbocycles. The van der Waals surface area contributed by atoms with Crippen molar-refractivity contribution in [2.24, 2.45) is 10.8 Å². The van der Waals surface area contributed by atoms with Gasteiger partial charge >= 0.3 is 0 Å². The van der Waals surface area contributed by atoms with E-state index < -0.39 is 11.9 Å². The largest absolute Gasteiger partial charge is 0.376 e. The number of rotatable bonds is 5. The summed E-state index contributed by atoms with van der Waals surface area (Å²) in [6.07, 6.45) is 0.0137. The van der Waals surface area contributed by atoms with Crippen molar-refractivity contribution in [3.05, 3.63) is 30.3 Å². The third-order valence-electron chi connectivity index (χ3n) is 3.90. The zero-order chi connectivity index (χ0) is 16.9. The molecule has 128 valence electrons. The highest BCUT2D eigenvalue weighted by Gasteiger charge is 2.35. The molecule has 2 aliphatic rings. The summed E-state index contributed by atoms with van der Waals surface area (Å²) >= 11 is 0. The van der Waals surface area contributed by atoms with Crippen molar-refractivity contribution in [3.63, 3.8) is 0 Å². The van der Waals surface area contributed by atoms with Gasteiger partial charge in [0.25, 0.3) is 5.91 Å². The number of hydrogen-bond donors (Lipinski definition) is 2. The minimum atomic E-state index is -0.664. The topological polar surface area (TPSA) is 106 Å². The van der Waals surface area contributed by atoms with Gasteiger partial charge in [-0.05, 0) is 12.1 Å². The van der Waals surface area contributed by atoms with Gasteiger partial charge in [-0.1, -0.05) is 18.2 Å². The number of carbonyl (C=O) groups excluding carboxylic acids is 2. The van der Waals surface area contributed by atoms with Crippen molar-refractivity contribution in [2.45, 2.75) is 18.6 Å². The Bertz CT molecular complexity index is 628. The van der Waals surface area contributed by atoms with E-state index in [1.807, 2.05) is 30.3 Å². The number of amides is 2. The van der Waals surface area contributed by atoms with Gasteiger partial charge in [0.05, 0.1) is 31.6 Å². The molecular formula is C16H20N4O4. The monoisotopic (exact) mass is 332 g/mol. The van der Waals surface area contributed by atoms with Crippen molar-refractivity contribution in [3.8, 4) is 0 Å². The van der Waals surface area contributed by atoms with Crippen LogP contribution in [-0.2, 0) is 19.1 Å². The normalized spacial score (nSPS) is 23.7. The predicted molar refractivity (Wildman–Crippen MR) is 87.5 cm³/mol. The lowest BCUT2D eigenvalue weighted by Crippen LogP contribution is -2.42. The van der Waals surface area contributed by atoms with Gasteiger partial charge in [0, 0.05) is 13.0 Å². The van der Waals surface area contributed by atoms with Crippen molar-refractivity contribution in [1.29, 1.82) is 0 Å². The number of para-hydroxylation sites is 1. The number of nitrogens with one attached hydrogen (secondary N) is 1. The summed E-state index contributed by atoms with van der Waals surface area (Å²) in [4.78, 5) is 24.0. The second-order valence-electron chi connectivity index (χ2n) is 5.63. The van der Waals surface area contributed by atoms with Gasteiger partial charge in [-0.2, -0.15) is 5.10 Å². The van der Waals surface area contributed by atoms with E-state index in [2.05, 4.69) is 10.4 Å². The second kappa shape index (κ2) is 7.41. The molecular weight excluding hydrogens is 312 g/mol. The molecule has 1 saturated heterocycles. The smallest absolute Gasteiger partial charge is 0.267 e. The van der Waals surface area contributed by atoms with E-state index in [9.17, 15) is 9.59 Å². The van der Waals surface area contributed by atoms with Crippen molar-refractivity contribution >= 4 is 23.2 Å². The average Bonchev–Trinajstić information content (AvgIpc) is 3.07. The number of nitrogens with two attached hydrogens (primary N) is 1. The average molecular weight is 332 g/mol. The maximum atomic E-state index is 12.3. The van der Waals surface area contributed by atoms with E-state index in [0.29, 0.717) is 32.1 Å². The van der Waals surface area contributed by atoms with Crippen LogP contribution in [0.5, 0.6) is 0 Å². The summed E-state index contributed by atoms with van der Waals surface area (Å²) in [7, 11) is 0. The molecule has 3 N–H and O–H groups in total. The SMILES string of the molecule is NC(=O)[C@@H]1CC(C(=O)NC[C@H]2COCCO2)=NN1c1ccccc1. The predicted octanol–water partition coefficient (Wildman–Crippen LogP) is -0.362. The van der Waals surface area contributed by atoms with Gasteiger partial charge in [0.2, 0.25) is 5.91 Å². The standard InChI is InChI=1S/C16H20N4O4/c17-15(21)14-8-13(19-20(14)11-4-2-1-3-5-11)16(22)18-9-12-10-23-6-7-24-12/h1-5,12,14H,6-10H2,(H2,17,21)(H,18,22)/t12-,14-/m0/s1. The molecule has 0 radical (unpaired) electrons. The lowest BCUT2D eigenvalue weighted by Gasteiger charge is -2.22. The Balaban J connectivity index is 1.66. The highest BCUT2D eigenvalue weighted by atomic mass is 16.6. The summed E-state index contributed by atoms with van der Waals surface area (Å²) in [6.45, 7) is 1.88. The number of benzene rings is 1. The van der Waals surface area contributed by atoms with E-state index >= 15 is 0 Å². The fourth-order valence-electron chi connectivity index (χ4n) is 2.65. The summed E-state index contributed by atoms with van der Waals surface area (Å²) in [5.41, 5.74) is 6.45. The number of hydrogen-bond acceptors (Lipinski definition) is 6. The summed E-state index contributed by atoms with van der Waals surface area (Å²) in [6, 6.07) is 8.49. The first-order valence-corrected chi connectivity index (χ1v) is 7.84. The molecule has 0 spiro atoms. The molecule has 0 aromatic heterocycles. The van der Waals surface area contributed by atoms with Crippen LogP contribution in [0.25, 0.3) is 0 Å². The Labute approximate surface area is 139 Å². The first-order valence-electron chi connectivity index (χ1n) is 7.84. The Hall–Kier alpha value is -2.45. The van der Waals surface area contributed by atoms with Crippen LogP contribution in [0, 0.1) is 0 Å². The molecule has 0 unspecified atom stereocenters. The third-order valence-corrected chi connectivity index (χ3v) is 3.90. The molecule has 1 fully saturated rings. The molecule has 8 heteroatoms. The first-order chi connectivity index (χ1) is 11.6. The van der Waals surface area contributed by atoms with E-state index in [0.717, 1.165) is 0 Å². The summed E-state index contributed by atoms with van der Waals surface area (Å²) < 4.78 is 10.8. The fourth-order valence-corrected chi connectivity index (χ4v) is 2.65. The molecule has 1 aromatic rings. The number of anilines is 1. The second-order valence-corrected chi connectivity index (χ2v) is 5.63. The van der Waals surface area contributed by atoms with Gasteiger partial charge < -0.3 is 20.5 Å².